The van der Waals surface area contributed by atoms with Gasteiger partial charge in [-0.1, -0.05) is 29.8 Å². The van der Waals surface area contributed by atoms with Crippen molar-refractivity contribution in [3.05, 3.63) is 41.2 Å². The maximum atomic E-state index is 11.9. The average Bonchev–Trinajstić information content (AvgIpc) is 2.79. The third-order valence-corrected chi connectivity index (χ3v) is 2.92. The Morgan fingerprint density at radius 1 is 1.26 bits per heavy atom. The van der Waals surface area contributed by atoms with Crippen molar-refractivity contribution in [2.24, 2.45) is 0 Å². The van der Waals surface area contributed by atoms with E-state index in [-0.39, 0.29) is 5.91 Å². The molecule has 1 aromatic carbocycles. The summed E-state index contributed by atoms with van der Waals surface area (Å²) in [5, 5.41) is 10.8. The van der Waals surface area contributed by atoms with Crippen LogP contribution < -0.4 is 5.32 Å². The highest BCUT2D eigenvalue weighted by atomic mass is 16.2. The predicted molar refractivity (Wildman–Crippen MR) is 73.5 cm³/mol. The van der Waals surface area contributed by atoms with Gasteiger partial charge in [0, 0.05) is 6.54 Å². The molecule has 1 amide bonds. The van der Waals surface area contributed by atoms with Crippen molar-refractivity contribution in [2.45, 2.75) is 27.2 Å². The molecule has 5 nitrogen and oxygen atoms in total. The van der Waals surface area contributed by atoms with Gasteiger partial charge in [0.05, 0.1) is 11.4 Å². The normalized spacial score (nSPS) is 10.5. The third kappa shape index (κ3) is 2.81. The average molecular weight is 258 g/mol. The molecule has 2 rings (SSSR count). The van der Waals surface area contributed by atoms with E-state index in [0.29, 0.717) is 12.2 Å². The smallest absolute Gasteiger partial charge is 0.273 e. The monoisotopic (exact) mass is 258 g/mol. The fourth-order valence-electron chi connectivity index (χ4n) is 1.79. The molecule has 0 atom stereocenters. The lowest BCUT2D eigenvalue weighted by Crippen LogP contribution is -2.25. The molecule has 0 radical (unpaired) electrons. The Bertz CT molecular complexity index is 572. The van der Waals surface area contributed by atoms with Crippen LogP contribution in [0.15, 0.2) is 24.3 Å². The number of carbonyl (C=O) groups excluding carboxylic acids is 1. The Labute approximate surface area is 112 Å². The molecule has 2 aromatic rings. The van der Waals surface area contributed by atoms with E-state index in [2.05, 4.69) is 15.6 Å². The van der Waals surface area contributed by atoms with Crippen LogP contribution in [0.25, 0.3) is 5.69 Å². The fourth-order valence-corrected chi connectivity index (χ4v) is 1.79. The molecule has 1 aromatic heterocycles. The van der Waals surface area contributed by atoms with Gasteiger partial charge in [-0.25, -0.2) is 4.68 Å². The van der Waals surface area contributed by atoms with Crippen LogP contribution in [0.3, 0.4) is 0 Å². The van der Waals surface area contributed by atoms with E-state index in [1.807, 2.05) is 45.0 Å². The minimum absolute atomic E-state index is 0.169. The van der Waals surface area contributed by atoms with Crippen LogP contribution in [0.4, 0.5) is 0 Å². The zero-order valence-electron chi connectivity index (χ0n) is 11.5. The summed E-state index contributed by atoms with van der Waals surface area (Å²) in [5.41, 5.74) is 3.22. The van der Waals surface area contributed by atoms with Crippen molar-refractivity contribution in [1.82, 2.24) is 20.3 Å². The zero-order valence-corrected chi connectivity index (χ0v) is 11.5. The Morgan fingerprint density at radius 2 is 1.95 bits per heavy atom. The number of aryl methyl sites for hydroxylation is 1. The number of nitrogens with zero attached hydrogens (tertiary/aromatic N) is 3. The first kappa shape index (κ1) is 13.3. The summed E-state index contributed by atoms with van der Waals surface area (Å²) in [4.78, 5) is 11.9. The number of benzene rings is 1. The van der Waals surface area contributed by atoms with Crippen molar-refractivity contribution < 1.29 is 4.79 Å². The van der Waals surface area contributed by atoms with Crippen LogP contribution in [-0.2, 0) is 0 Å². The van der Waals surface area contributed by atoms with E-state index in [4.69, 9.17) is 0 Å². The first-order valence-corrected chi connectivity index (χ1v) is 6.41. The number of nitrogens with one attached hydrogen (secondary N) is 1. The van der Waals surface area contributed by atoms with Gasteiger partial charge in [-0.3, -0.25) is 4.79 Å². The van der Waals surface area contributed by atoms with Crippen molar-refractivity contribution >= 4 is 5.91 Å². The summed E-state index contributed by atoms with van der Waals surface area (Å²) in [6.07, 6.45) is 0.900. The van der Waals surface area contributed by atoms with Crippen molar-refractivity contribution in [2.75, 3.05) is 6.54 Å². The van der Waals surface area contributed by atoms with Gasteiger partial charge in [-0.15, -0.1) is 5.10 Å². The van der Waals surface area contributed by atoms with Gasteiger partial charge in [0.2, 0.25) is 0 Å². The Balaban J connectivity index is 2.27. The highest BCUT2D eigenvalue weighted by molar-refractivity contribution is 5.93. The Hall–Kier alpha value is -2.17. The second-order valence-electron chi connectivity index (χ2n) is 4.53. The number of hydrogen-bond acceptors (Lipinski definition) is 3. The maximum Gasteiger partial charge on any atom is 0.273 e. The molecule has 100 valence electrons. The van der Waals surface area contributed by atoms with E-state index in [1.54, 1.807) is 4.68 Å². The third-order valence-electron chi connectivity index (χ3n) is 2.92. The van der Waals surface area contributed by atoms with Gasteiger partial charge in [0.15, 0.2) is 5.69 Å². The van der Waals surface area contributed by atoms with E-state index in [1.165, 1.54) is 5.56 Å². The first-order valence-electron chi connectivity index (χ1n) is 6.41. The van der Waals surface area contributed by atoms with Gasteiger partial charge < -0.3 is 5.32 Å². The van der Waals surface area contributed by atoms with Crippen LogP contribution in [0, 0.1) is 13.8 Å². The quantitative estimate of drug-likeness (QED) is 0.912. The summed E-state index contributed by atoms with van der Waals surface area (Å²) >= 11 is 0. The van der Waals surface area contributed by atoms with E-state index in [0.717, 1.165) is 17.8 Å². The van der Waals surface area contributed by atoms with Crippen LogP contribution in [0.2, 0.25) is 0 Å². The van der Waals surface area contributed by atoms with Gasteiger partial charge in [0.25, 0.3) is 5.91 Å². The molecular formula is C14H18N4O. The molecule has 0 aliphatic heterocycles. The van der Waals surface area contributed by atoms with Crippen LogP contribution in [0.1, 0.15) is 35.1 Å². The molecule has 0 spiro atoms. The fraction of sp³-hybridized carbons (Fsp3) is 0.357. The standard InChI is InChI=1S/C14H18N4O/c1-4-9-15-14(19)13-11(3)18(17-16-13)12-7-5-10(2)6-8-12/h5-8H,4,9H2,1-3H3,(H,15,19). The summed E-state index contributed by atoms with van der Waals surface area (Å²) < 4.78 is 1.68. The first-order chi connectivity index (χ1) is 9.13. The van der Waals surface area contributed by atoms with Crippen molar-refractivity contribution in [3.63, 3.8) is 0 Å². The van der Waals surface area contributed by atoms with Crippen molar-refractivity contribution in [3.8, 4) is 5.69 Å². The lowest BCUT2D eigenvalue weighted by Gasteiger charge is -2.04. The minimum atomic E-state index is -0.169. The summed E-state index contributed by atoms with van der Waals surface area (Å²) in [5.74, 6) is -0.169. The molecule has 0 aliphatic carbocycles. The van der Waals surface area contributed by atoms with Gasteiger partial charge in [0.1, 0.15) is 0 Å². The molecule has 0 aliphatic rings. The number of aromatic nitrogens is 3. The number of carbonyl (C=O) groups is 1. The Morgan fingerprint density at radius 3 is 2.58 bits per heavy atom. The highest BCUT2D eigenvalue weighted by Crippen LogP contribution is 2.12. The largest absolute Gasteiger partial charge is 0.351 e. The maximum absolute atomic E-state index is 11.9. The molecule has 0 unspecified atom stereocenters. The topological polar surface area (TPSA) is 59.8 Å². The summed E-state index contributed by atoms with van der Waals surface area (Å²) in [7, 11) is 0. The molecule has 0 saturated heterocycles. The molecule has 0 saturated carbocycles. The summed E-state index contributed by atoms with van der Waals surface area (Å²) in [6.45, 7) is 6.54. The number of amides is 1. The van der Waals surface area contributed by atoms with E-state index >= 15 is 0 Å². The predicted octanol–water partition coefficient (Wildman–Crippen LogP) is 2.02. The second-order valence-corrected chi connectivity index (χ2v) is 4.53. The summed E-state index contributed by atoms with van der Waals surface area (Å²) in [6, 6.07) is 7.94. The molecule has 0 bridgehead atoms. The van der Waals surface area contributed by atoms with Crippen LogP contribution >= 0.6 is 0 Å². The lowest BCUT2D eigenvalue weighted by molar-refractivity contribution is 0.0948. The van der Waals surface area contributed by atoms with E-state index in [9.17, 15) is 4.79 Å². The lowest BCUT2D eigenvalue weighted by atomic mass is 10.2. The Kier molecular flexibility index (Phi) is 3.94. The van der Waals surface area contributed by atoms with Crippen molar-refractivity contribution in [1.29, 1.82) is 0 Å². The highest BCUT2D eigenvalue weighted by Gasteiger charge is 2.16. The molecule has 0 fully saturated rings. The van der Waals surface area contributed by atoms with Gasteiger partial charge in [-0.2, -0.15) is 0 Å². The molecule has 5 heteroatoms. The van der Waals surface area contributed by atoms with Crippen LogP contribution in [-0.4, -0.2) is 27.4 Å². The second kappa shape index (κ2) is 5.65. The zero-order chi connectivity index (χ0) is 13.8. The SMILES string of the molecule is CCCNC(=O)c1nnn(-c2ccc(C)cc2)c1C. The number of hydrogen-bond donors (Lipinski definition) is 1. The van der Waals surface area contributed by atoms with Crippen LogP contribution in [0.5, 0.6) is 0 Å². The molecule has 19 heavy (non-hydrogen) atoms. The van der Waals surface area contributed by atoms with E-state index < -0.39 is 0 Å². The minimum Gasteiger partial charge on any atom is -0.351 e. The van der Waals surface area contributed by atoms with Gasteiger partial charge >= 0.3 is 0 Å². The molecule has 1 N–H and O–H groups in total. The van der Waals surface area contributed by atoms with Gasteiger partial charge in [-0.05, 0) is 32.4 Å². The number of rotatable bonds is 4. The molecular weight excluding hydrogens is 240 g/mol. The molecule has 1 heterocycles.